The van der Waals surface area contributed by atoms with E-state index in [0.29, 0.717) is 5.69 Å². The highest BCUT2D eigenvalue weighted by atomic mass is 32.1. The molecule has 1 heterocycles. The number of nitrogens with one attached hydrogen (secondary N) is 1. The third kappa shape index (κ3) is 5.04. The molecule has 1 amide bonds. The van der Waals surface area contributed by atoms with Gasteiger partial charge in [0.2, 0.25) is 0 Å². The molecule has 0 aliphatic carbocycles. The van der Waals surface area contributed by atoms with E-state index in [1.807, 2.05) is 24.3 Å². The molecule has 2 rings (SSSR count). The van der Waals surface area contributed by atoms with Gasteiger partial charge >= 0.3 is 5.97 Å². The number of hydrogen-bond acceptors (Lipinski definition) is 6. The number of rotatable bonds is 8. The van der Waals surface area contributed by atoms with Gasteiger partial charge in [0.15, 0.2) is 0 Å². The van der Waals surface area contributed by atoms with Crippen molar-refractivity contribution >= 4 is 23.2 Å². The molecule has 7 nitrogen and oxygen atoms in total. The molecule has 0 unspecified atom stereocenters. The first kappa shape index (κ1) is 16.9. The molecule has 1 aromatic heterocycles. The molecule has 0 atom stereocenters. The van der Waals surface area contributed by atoms with Crippen LogP contribution in [0.2, 0.25) is 0 Å². The minimum Gasteiger partial charge on any atom is -0.497 e. The molecular weight excluding hydrogens is 320 g/mol. The van der Waals surface area contributed by atoms with E-state index in [4.69, 9.17) is 14.6 Å². The highest BCUT2D eigenvalue weighted by Gasteiger charge is 2.11. The van der Waals surface area contributed by atoms with Crippen LogP contribution < -0.4 is 10.1 Å². The van der Waals surface area contributed by atoms with Crippen LogP contribution in [0.25, 0.3) is 10.6 Å². The van der Waals surface area contributed by atoms with Gasteiger partial charge in [-0.3, -0.25) is 4.79 Å². The molecule has 0 spiro atoms. The Hall–Kier alpha value is -2.45. The second-order valence-corrected chi connectivity index (χ2v) is 5.33. The van der Waals surface area contributed by atoms with Crippen LogP contribution in [0, 0.1) is 0 Å². The molecule has 8 heteroatoms. The molecule has 1 aromatic carbocycles. The number of carbonyl (C=O) groups is 2. The van der Waals surface area contributed by atoms with Gasteiger partial charge in [0.1, 0.15) is 23.1 Å². The van der Waals surface area contributed by atoms with E-state index in [9.17, 15) is 9.59 Å². The maximum atomic E-state index is 11.9. The average Bonchev–Trinajstić information content (AvgIpc) is 3.04. The number of aliphatic carboxylic acids is 1. The molecule has 0 fully saturated rings. The minimum atomic E-state index is -1.04. The fourth-order valence-corrected chi connectivity index (χ4v) is 2.54. The highest BCUT2D eigenvalue weighted by molar-refractivity contribution is 7.13. The first-order valence-corrected chi connectivity index (χ1v) is 7.66. The predicted molar refractivity (Wildman–Crippen MR) is 84.9 cm³/mol. The number of amides is 1. The van der Waals surface area contributed by atoms with Crippen LogP contribution in [0.4, 0.5) is 0 Å². The van der Waals surface area contributed by atoms with Crippen molar-refractivity contribution < 1.29 is 24.2 Å². The van der Waals surface area contributed by atoms with Crippen molar-refractivity contribution in [3.63, 3.8) is 0 Å². The standard InChI is InChI=1S/C15H16N2O5S/c1-21-11-4-2-10(3-5-11)15-17-12(9-23-15)14(20)16-6-7-22-8-13(18)19/h2-5,9H,6-8H2,1H3,(H,16,20)(H,18,19). The van der Waals surface area contributed by atoms with Crippen LogP contribution in [0.3, 0.4) is 0 Å². The third-order valence-electron chi connectivity index (χ3n) is 2.83. The summed E-state index contributed by atoms with van der Waals surface area (Å²) in [6, 6.07) is 7.41. The maximum absolute atomic E-state index is 11.9. The Morgan fingerprint density at radius 1 is 1.30 bits per heavy atom. The van der Waals surface area contributed by atoms with Gasteiger partial charge in [0.25, 0.3) is 5.91 Å². The van der Waals surface area contributed by atoms with Crippen LogP contribution >= 0.6 is 11.3 Å². The molecule has 0 saturated heterocycles. The van der Waals surface area contributed by atoms with Gasteiger partial charge < -0.3 is 19.9 Å². The number of carboxylic acid groups (broad SMARTS) is 1. The van der Waals surface area contributed by atoms with Gasteiger partial charge in [0.05, 0.1) is 13.7 Å². The number of carbonyl (C=O) groups excluding carboxylic acids is 1. The van der Waals surface area contributed by atoms with Crippen molar-refractivity contribution in [1.29, 1.82) is 0 Å². The molecule has 0 bridgehead atoms. The number of benzene rings is 1. The van der Waals surface area contributed by atoms with E-state index in [2.05, 4.69) is 10.3 Å². The molecule has 0 saturated carbocycles. The number of aromatic nitrogens is 1. The van der Waals surface area contributed by atoms with Crippen LogP contribution in [0.1, 0.15) is 10.5 Å². The normalized spacial score (nSPS) is 10.3. The summed E-state index contributed by atoms with van der Waals surface area (Å²) in [6.45, 7) is -0.0246. The second-order valence-electron chi connectivity index (χ2n) is 4.47. The zero-order valence-corrected chi connectivity index (χ0v) is 13.3. The van der Waals surface area contributed by atoms with Gasteiger partial charge in [-0.15, -0.1) is 11.3 Å². The predicted octanol–water partition coefficient (Wildman–Crippen LogP) is 1.65. The average molecular weight is 336 g/mol. The molecule has 0 aliphatic heterocycles. The first-order chi connectivity index (χ1) is 11.1. The summed E-state index contributed by atoms with van der Waals surface area (Å²) in [7, 11) is 1.60. The Kier molecular flexibility index (Phi) is 6.07. The van der Waals surface area contributed by atoms with Crippen molar-refractivity contribution in [1.82, 2.24) is 10.3 Å². The Balaban J connectivity index is 1.87. The summed E-state index contributed by atoms with van der Waals surface area (Å²) < 4.78 is 9.93. The number of hydrogen-bond donors (Lipinski definition) is 2. The fraction of sp³-hybridized carbons (Fsp3) is 0.267. The maximum Gasteiger partial charge on any atom is 0.329 e. The number of ether oxygens (including phenoxy) is 2. The lowest BCUT2D eigenvalue weighted by Gasteiger charge is -2.03. The monoisotopic (exact) mass is 336 g/mol. The number of thiazole rings is 1. The Morgan fingerprint density at radius 2 is 2.04 bits per heavy atom. The molecule has 2 N–H and O–H groups in total. The second kappa shape index (κ2) is 8.25. The topological polar surface area (TPSA) is 97.8 Å². The molecule has 2 aromatic rings. The van der Waals surface area contributed by atoms with Crippen LogP contribution in [0.15, 0.2) is 29.6 Å². The van der Waals surface area contributed by atoms with Crippen molar-refractivity contribution in [2.75, 3.05) is 26.9 Å². The number of nitrogens with zero attached hydrogens (tertiary/aromatic N) is 1. The molecule has 122 valence electrons. The summed E-state index contributed by atoms with van der Waals surface area (Å²) in [5.74, 6) is -0.607. The summed E-state index contributed by atoms with van der Waals surface area (Å²) in [5.41, 5.74) is 1.22. The van der Waals surface area contributed by atoms with E-state index in [1.54, 1.807) is 12.5 Å². The van der Waals surface area contributed by atoms with Crippen molar-refractivity contribution in [2.45, 2.75) is 0 Å². The lowest BCUT2D eigenvalue weighted by atomic mass is 10.2. The smallest absolute Gasteiger partial charge is 0.329 e. The Morgan fingerprint density at radius 3 is 2.70 bits per heavy atom. The molecule has 0 aliphatic rings. The zero-order chi connectivity index (χ0) is 16.7. The van der Waals surface area contributed by atoms with Gasteiger partial charge in [-0.1, -0.05) is 0 Å². The van der Waals surface area contributed by atoms with Gasteiger partial charge in [0, 0.05) is 17.5 Å². The summed E-state index contributed by atoms with van der Waals surface area (Å²) in [6.07, 6.45) is 0. The zero-order valence-electron chi connectivity index (χ0n) is 12.4. The van der Waals surface area contributed by atoms with Crippen LogP contribution in [-0.2, 0) is 9.53 Å². The summed E-state index contributed by atoms with van der Waals surface area (Å²) in [4.78, 5) is 26.5. The van der Waals surface area contributed by atoms with Crippen molar-refractivity contribution in [3.05, 3.63) is 35.3 Å². The molecule has 0 radical (unpaired) electrons. The molecular formula is C15H16N2O5S. The lowest BCUT2D eigenvalue weighted by Crippen LogP contribution is -2.28. The minimum absolute atomic E-state index is 0.132. The molecule has 23 heavy (non-hydrogen) atoms. The van der Waals surface area contributed by atoms with E-state index >= 15 is 0 Å². The van der Waals surface area contributed by atoms with E-state index in [0.717, 1.165) is 16.3 Å². The first-order valence-electron chi connectivity index (χ1n) is 6.78. The highest BCUT2D eigenvalue weighted by Crippen LogP contribution is 2.25. The quantitative estimate of drug-likeness (QED) is 0.711. The van der Waals surface area contributed by atoms with Crippen LogP contribution in [-0.4, -0.2) is 48.8 Å². The lowest BCUT2D eigenvalue weighted by molar-refractivity contribution is -0.142. The summed E-state index contributed by atoms with van der Waals surface area (Å²) in [5, 5.41) is 13.4. The Bertz CT molecular complexity index is 669. The number of methoxy groups -OCH3 is 1. The van der Waals surface area contributed by atoms with Gasteiger partial charge in [-0.05, 0) is 24.3 Å². The van der Waals surface area contributed by atoms with Crippen molar-refractivity contribution in [2.24, 2.45) is 0 Å². The third-order valence-corrected chi connectivity index (χ3v) is 3.72. The van der Waals surface area contributed by atoms with Gasteiger partial charge in [-0.2, -0.15) is 0 Å². The van der Waals surface area contributed by atoms with Gasteiger partial charge in [-0.25, -0.2) is 9.78 Å². The Labute approximate surface area is 136 Å². The van der Waals surface area contributed by atoms with E-state index in [-0.39, 0.29) is 25.7 Å². The summed E-state index contributed by atoms with van der Waals surface area (Å²) >= 11 is 1.37. The van der Waals surface area contributed by atoms with Crippen LogP contribution in [0.5, 0.6) is 5.75 Å². The van der Waals surface area contributed by atoms with E-state index in [1.165, 1.54) is 11.3 Å². The SMILES string of the molecule is COc1ccc(-c2nc(C(=O)NCCOCC(=O)O)cs2)cc1. The van der Waals surface area contributed by atoms with E-state index < -0.39 is 5.97 Å². The number of carboxylic acids is 1. The fourth-order valence-electron chi connectivity index (χ4n) is 1.73. The van der Waals surface area contributed by atoms with Crippen molar-refractivity contribution in [3.8, 4) is 16.3 Å². The largest absolute Gasteiger partial charge is 0.497 e.